The zero-order valence-electron chi connectivity index (χ0n) is 16.5. The molecule has 1 N–H and O–H groups in total. The second-order valence-corrected chi connectivity index (χ2v) is 6.62. The highest BCUT2D eigenvalue weighted by molar-refractivity contribution is 5.85. The molecule has 1 amide bonds. The molecule has 5 heteroatoms. The molecule has 1 aromatic heterocycles. The molecular weight excluding hydrogens is 350 g/mol. The number of para-hydroxylation sites is 1. The minimum absolute atomic E-state index is 0.693. The van der Waals surface area contributed by atoms with Crippen LogP contribution in [0.5, 0.6) is 0 Å². The molecule has 0 aliphatic carbocycles. The molecule has 1 aliphatic heterocycles. The number of carbonyl (C=O) groups excluding carboxylic acids is 1. The molecule has 2 heterocycles. The van der Waals surface area contributed by atoms with E-state index in [1.54, 1.807) is 4.90 Å². The highest BCUT2D eigenvalue weighted by Gasteiger charge is 2.06. The lowest BCUT2D eigenvalue weighted by Gasteiger charge is -2.21. The van der Waals surface area contributed by atoms with Gasteiger partial charge in [-0.3, -0.25) is 4.79 Å². The van der Waals surface area contributed by atoms with E-state index < -0.39 is 0 Å². The fraction of sp³-hybridized carbons (Fsp3) is 0.304. The van der Waals surface area contributed by atoms with Gasteiger partial charge in [0, 0.05) is 36.8 Å². The number of aryl methyl sites for hydroxylation is 1. The number of hydrogen-bond donors (Lipinski definition) is 1. The number of benzene rings is 2. The van der Waals surface area contributed by atoms with Gasteiger partial charge in [0.05, 0.1) is 24.4 Å². The van der Waals surface area contributed by atoms with Crippen LogP contribution in [-0.2, 0) is 16.0 Å². The van der Waals surface area contributed by atoms with Crippen molar-refractivity contribution in [2.45, 2.75) is 13.3 Å². The molecule has 5 nitrogen and oxygen atoms in total. The van der Waals surface area contributed by atoms with Gasteiger partial charge in [-0.25, -0.2) is 4.98 Å². The first kappa shape index (κ1) is 19.8. The number of hydrogen-bond acceptors (Lipinski definition) is 4. The summed E-state index contributed by atoms with van der Waals surface area (Å²) in [5.41, 5.74) is 5.74. The molecule has 1 fully saturated rings. The van der Waals surface area contributed by atoms with E-state index in [1.807, 2.05) is 13.1 Å². The number of carbonyl (C=O) groups is 1. The minimum atomic E-state index is 0.693. The number of amides is 1. The van der Waals surface area contributed by atoms with Crippen molar-refractivity contribution < 1.29 is 9.53 Å². The highest BCUT2D eigenvalue weighted by atomic mass is 16.5. The first-order chi connectivity index (χ1) is 13.7. The lowest BCUT2D eigenvalue weighted by molar-refractivity contribution is -0.121. The maximum Gasteiger partial charge on any atom is 0.209 e. The van der Waals surface area contributed by atoms with Crippen molar-refractivity contribution >= 4 is 23.0 Å². The largest absolute Gasteiger partial charge is 0.388 e. The zero-order valence-corrected chi connectivity index (χ0v) is 16.5. The molecule has 0 bridgehead atoms. The molecule has 0 saturated carbocycles. The Morgan fingerprint density at radius 3 is 2.43 bits per heavy atom. The molecule has 146 valence electrons. The summed E-state index contributed by atoms with van der Waals surface area (Å²) in [6, 6.07) is 18.9. The smallest absolute Gasteiger partial charge is 0.209 e. The first-order valence-electron chi connectivity index (χ1n) is 9.69. The third kappa shape index (κ3) is 4.87. The summed E-state index contributed by atoms with van der Waals surface area (Å²) >= 11 is 0. The summed E-state index contributed by atoms with van der Waals surface area (Å²) in [4.78, 5) is 16.5. The van der Waals surface area contributed by atoms with E-state index in [0.717, 1.165) is 48.4 Å². The summed E-state index contributed by atoms with van der Waals surface area (Å²) in [7, 11) is 1.93. The van der Waals surface area contributed by atoms with Gasteiger partial charge in [0.15, 0.2) is 0 Å². The van der Waals surface area contributed by atoms with Gasteiger partial charge in [-0.05, 0) is 36.2 Å². The Balaban J connectivity index is 0.000000236. The van der Waals surface area contributed by atoms with Gasteiger partial charge in [-0.15, -0.1) is 0 Å². The zero-order chi connectivity index (χ0) is 19.8. The van der Waals surface area contributed by atoms with Gasteiger partial charge in [0.2, 0.25) is 6.41 Å². The molecule has 4 rings (SSSR count). The number of nitrogens with one attached hydrogen (secondary N) is 1. The molecule has 0 unspecified atom stereocenters. The lowest BCUT2D eigenvalue weighted by Crippen LogP contribution is -2.34. The van der Waals surface area contributed by atoms with Crippen molar-refractivity contribution in [1.29, 1.82) is 0 Å². The number of pyridine rings is 1. The Morgan fingerprint density at radius 2 is 1.82 bits per heavy atom. The van der Waals surface area contributed by atoms with Crippen LogP contribution in [0.3, 0.4) is 0 Å². The fourth-order valence-corrected chi connectivity index (χ4v) is 3.18. The monoisotopic (exact) mass is 377 g/mol. The number of anilines is 1. The van der Waals surface area contributed by atoms with E-state index in [9.17, 15) is 4.79 Å². The number of ether oxygens (including phenoxy) is 1. The van der Waals surface area contributed by atoms with Crippen molar-refractivity contribution in [3.8, 4) is 11.3 Å². The van der Waals surface area contributed by atoms with Gasteiger partial charge < -0.3 is 15.0 Å². The maximum absolute atomic E-state index is 10.0. The maximum atomic E-state index is 10.0. The summed E-state index contributed by atoms with van der Waals surface area (Å²) in [6.45, 7) is 5.08. The number of nitrogens with zero attached hydrogens (tertiary/aromatic N) is 2. The van der Waals surface area contributed by atoms with E-state index >= 15 is 0 Å². The first-order valence-corrected chi connectivity index (χ1v) is 9.69. The summed E-state index contributed by atoms with van der Waals surface area (Å²) in [5, 5.41) is 4.39. The molecule has 3 aromatic rings. The molecule has 2 aromatic carbocycles. The third-order valence-electron chi connectivity index (χ3n) is 4.85. The normalized spacial score (nSPS) is 13.6. The van der Waals surface area contributed by atoms with E-state index in [-0.39, 0.29) is 0 Å². The Hall–Kier alpha value is -2.92. The second-order valence-electron chi connectivity index (χ2n) is 6.62. The predicted molar refractivity (Wildman–Crippen MR) is 115 cm³/mol. The third-order valence-corrected chi connectivity index (χ3v) is 4.85. The number of rotatable bonds is 4. The van der Waals surface area contributed by atoms with E-state index in [2.05, 4.69) is 60.8 Å². The predicted octanol–water partition coefficient (Wildman–Crippen LogP) is 3.98. The van der Waals surface area contributed by atoms with Gasteiger partial charge in [0.25, 0.3) is 0 Å². The van der Waals surface area contributed by atoms with Crippen LogP contribution in [0.15, 0.2) is 54.6 Å². The highest BCUT2D eigenvalue weighted by Crippen LogP contribution is 2.26. The summed E-state index contributed by atoms with van der Waals surface area (Å²) in [5.74, 6) is 0. The van der Waals surface area contributed by atoms with E-state index in [4.69, 9.17) is 9.72 Å². The number of aromatic nitrogens is 1. The molecule has 0 spiro atoms. The Labute approximate surface area is 166 Å². The quantitative estimate of drug-likeness (QED) is 0.699. The van der Waals surface area contributed by atoms with Gasteiger partial charge in [0.1, 0.15) is 0 Å². The molecular formula is C23H27N3O2. The van der Waals surface area contributed by atoms with Crippen molar-refractivity contribution in [2.75, 3.05) is 38.7 Å². The number of morpholine rings is 1. The van der Waals surface area contributed by atoms with Gasteiger partial charge in [-0.1, -0.05) is 37.3 Å². The molecule has 0 radical (unpaired) electrons. The average molecular weight is 377 g/mol. The molecule has 28 heavy (non-hydrogen) atoms. The van der Waals surface area contributed by atoms with Crippen LogP contribution in [0, 0.1) is 0 Å². The van der Waals surface area contributed by atoms with Crippen molar-refractivity contribution in [2.24, 2.45) is 0 Å². The Bertz CT molecular complexity index is 903. The van der Waals surface area contributed by atoms with E-state index in [0.29, 0.717) is 13.2 Å². The summed E-state index contributed by atoms with van der Waals surface area (Å²) < 4.78 is 5.00. The lowest BCUT2D eigenvalue weighted by atomic mass is 10.0. The Morgan fingerprint density at radius 1 is 1.11 bits per heavy atom. The van der Waals surface area contributed by atoms with Crippen LogP contribution in [0.25, 0.3) is 22.2 Å². The van der Waals surface area contributed by atoms with Crippen LogP contribution < -0.4 is 5.32 Å². The fourth-order valence-electron chi connectivity index (χ4n) is 3.18. The molecule has 0 atom stereocenters. The van der Waals surface area contributed by atoms with Crippen LogP contribution in [0.1, 0.15) is 12.5 Å². The van der Waals surface area contributed by atoms with E-state index in [1.165, 1.54) is 10.9 Å². The Kier molecular flexibility index (Phi) is 6.98. The van der Waals surface area contributed by atoms with Crippen LogP contribution in [0.4, 0.5) is 5.69 Å². The van der Waals surface area contributed by atoms with Crippen molar-refractivity contribution in [1.82, 2.24) is 9.88 Å². The van der Waals surface area contributed by atoms with Crippen LogP contribution in [-0.4, -0.2) is 49.6 Å². The van der Waals surface area contributed by atoms with Crippen molar-refractivity contribution in [3.63, 3.8) is 0 Å². The molecule has 1 aliphatic rings. The number of fused-ring (bicyclic) bond motifs is 1. The van der Waals surface area contributed by atoms with Crippen LogP contribution in [0.2, 0.25) is 0 Å². The van der Waals surface area contributed by atoms with Gasteiger partial charge >= 0.3 is 0 Å². The minimum Gasteiger partial charge on any atom is -0.388 e. The van der Waals surface area contributed by atoms with Gasteiger partial charge in [-0.2, -0.15) is 0 Å². The second kappa shape index (κ2) is 9.85. The SMILES string of the molecule is CCc1cc(-c2ccc(NC)cc2)nc2ccccc12.O=CN1CCOCC1. The van der Waals surface area contributed by atoms with Crippen molar-refractivity contribution in [3.05, 3.63) is 60.2 Å². The average Bonchev–Trinajstić information content (AvgIpc) is 2.79. The van der Waals surface area contributed by atoms with Crippen LogP contribution >= 0.6 is 0 Å². The standard InChI is InChI=1S/C18H18N2.C5H9NO2/c1-3-13-12-18(14-8-10-15(19-2)11-9-14)20-17-7-5-4-6-16(13)17;7-5-6-1-3-8-4-2-6/h4-12,19H,3H2,1-2H3;5H,1-4H2. The summed E-state index contributed by atoms with van der Waals surface area (Å²) in [6.07, 6.45) is 1.88. The molecule has 1 saturated heterocycles. The topological polar surface area (TPSA) is 54.5 Å².